The number of carbonyl (C=O) groups excluding carboxylic acids is 2. The van der Waals surface area contributed by atoms with Gasteiger partial charge in [0.25, 0.3) is 0 Å². The fourth-order valence-electron chi connectivity index (χ4n) is 4.37. The number of amides is 2. The van der Waals surface area contributed by atoms with Gasteiger partial charge in [-0.05, 0) is 50.6 Å². The molecule has 0 radical (unpaired) electrons. The van der Waals surface area contributed by atoms with E-state index in [0.29, 0.717) is 26.2 Å². The lowest BCUT2D eigenvalue weighted by Gasteiger charge is -2.38. The topological polar surface area (TPSA) is 56.8 Å². The summed E-state index contributed by atoms with van der Waals surface area (Å²) in [6.45, 7) is 7.03. The van der Waals surface area contributed by atoms with E-state index in [1.54, 1.807) is 23.5 Å². The third kappa shape index (κ3) is 5.68. The van der Waals surface area contributed by atoms with Crippen LogP contribution in [0.5, 0.6) is 0 Å². The summed E-state index contributed by atoms with van der Waals surface area (Å²) in [6.07, 6.45) is 2.03. The molecule has 3 heterocycles. The molecule has 8 heteroatoms. The molecule has 1 aromatic carbocycles. The Morgan fingerprint density at radius 2 is 1.68 bits per heavy atom. The number of likely N-dealkylation sites (tertiary alicyclic amines) is 1. The molecule has 2 aliphatic rings. The van der Waals surface area contributed by atoms with Crippen molar-refractivity contribution in [2.24, 2.45) is 5.92 Å². The van der Waals surface area contributed by atoms with E-state index in [9.17, 15) is 14.0 Å². The van der Waals surface area contributed by atoms with Crippen LogP contribution in [0.15, 0.2) is 29.6 Å². The van der Waals surface area contributed by atoms with Crippen LogP contribution in [0.2, 0.25) is 0 Å². The number of benzene rings is 1. The van der Waals surface area contributed by atoms with E-state index in [2.05, 4.69) is 15.3 Å². The molecule has 0 aliphatic carbocycles. The predicted molar refractivity (Wildman–Crippen MR) is 118 cm³/mol. The van der Waals surface area contributed by atoms with Crippen molar-refractivity contribution in [2.45, 2.75) is 32.7 Å². The maximum Gasteiger partial charge on any atom is 0.227 e. The molecule has 31 heavy (non-hydrogen) atoms. The maximum atomic E-state index is 13.0. The molecule has 0 atom stereocenters. The zero-order valence-corrected chi connectivity index (χ0v) is 18.7. The lowest BCUT2D eigenvalue weighted by molar-refractivity contribution is -0.143. The molecule has 2 aliphatic heterocycles. The molecule has 6 nitrogen and oxygen atoms in total. The number of aryl methyl sites for hydroxylation is 1. The van der Waals surface area contributed by atoms with Crippen molar-refractivity contribution in [3.05, 3.63) is 51.7 Å². The summed E-state index contributed by atoms with van der Waals surface area (Å²) in [5.74, 6) is 0.0429. The van der Waals surface area contributed by atoms with Gasteiger partial charge in [-0.15, -0.1) is 11.3 Å². The van der Waals surface area contributed by atoms with Crippen molar-refractivity contribution >= 4 is 23.2 Å². The fourth-order valence-corrected chi connectivity index (χ4v) is 4.97. The van der Waals surface area contributed by atoms with Gasteiger partial charge in [-0.3, -0.25) is 14.5 Å². The SMILES string of the molecule is Cc1nc(CN2CCC(C(=O)N3CCN(C(=O)Cc4ccc(F)cc4)CC3)CC2)cs1. The molecule has 0 spiro atoms. The molecule has 0 saturated carbocycles. The lowest BCUT2D eigenvalue weighted by atomic mass is 9.95. The smallest absolute Gasteiger partial charge is 0.227 e. The van der Waals surface area contributed by atoms with Crippen LogP contribution in [0.3, 0.4) is 0 Å². The van der Waals surface area contributed by atoms with Crippen molar-refractivity contribution in [2.75, 3.05) is 39.3 Å². The molecular formula is C23H29FN4O2S. The second-order valence-corrected chi connectivity index (χ2v) is 9.48. The highest BCUT2D eigenvalue weighted by Gasteiger charge is 2.31. The van der Waals surface area contributed by atoms with Gasteiger partial charge >= 0.3 is 0 Å². The molecule has 2 aromatic rings. The van der Waals surface area contributed by atoms with Gasteiger partial charge in [-0.25, -0.2) is 9.37 Å². The average Bonchev–Trinajstić information content (AvgIpc) is 3.20. The molecule has 0 N–H and O–H groups in total. The molecule has 4 rings (SSSR count). The van der Waals surface area contributed by atoms with Crippen LogP contribution < -0.4 is 0 Å². The van der Waals surface area contributed by atoms with E-state index in [4.69, 9.17) is 0 Å². The Bertz CT molecular complexity index is 901. The minimum Gasteiger partial charge on any atom is -0.339 e. The van der Waals surface area contributed by atoms with Gasteiger partial charge < -0.3 is 9.80 Å². The van der Waals surface area contributed by atoms with Crippen molar-refractivity contribution in [1.29, 1.82) is 0 Å². The highest BCUT2D eigenvalue weighted by molar-refractivity contribution is 7.09. The summed E-state index contributed by atoms with van der Waals surface area (Å²) >= 11 is 1.68. The Hall–Kier alpha value is -2.32. The molecule has 1 aromatic heterocycles. The maximum absolute atomic E-state index is 13.0. The number of carbonyl (C=O) groups is 2. The first-order valence-electron chi connectivity index (χ1n) is 10.9. The third-order valence-electron chi connectivity index (χ3n) is 6.20. The van der Waals surface area contributed by atoms with Crippen LogP contribution in [0.25, 0.3) is 0 Å². The average molecular weight is 445 g/mol. The van der Waals surface area contributed by atoms with Gasteiger partial charge in [0.15, 0.2) is 0 Å². The van der Waals surface area contributed by atoms with Crippen molar-refractivity contribution in [1.82, 2.24) is 19.7 Å². The van der Waals surface area contributed by atoms with E-state index < -0.39 is 0 Å². The van der Waals surface area contributed by atoms with Crippen LogP contribution in [0.4, 0.5) is 4.39 Å². The summed E-state index contributed by atoms with van der Waals surface area (Å²) in [5.41, 5.74) is 1.93. The van der Waals surface area contributed by atoms with E-state index in [1.165, 1.54) is 12.1 Å². The number of thiazole rings is 1. The van der Waals surface area contributed by atoms with Crippen molar-refractivity contribution in [3.8, 4) is 0 Å². The number of halogens is 1. The Morgan fingerprint density at radius 1 is 1.03 bits per heavy atom. The third-order valence-corrected chi connectivity index (χ3v) is 7.02. The molecule has 0 bridgehead atoms. The van der Waals surface area contributed by atoms with Crippen LogP contribution in [0, 0.1) is 18.7 Å². The van der Waals surface area contributed by atoms with Gasteiger partial charge in [0.1, 0.15) is 5.82 Å². The highest BCUT2D eigenvalue weighted by atomic mass is 32.1. The predicted octanol–water partition coefficient (Wildman–Crippen LogP) is 2.72. The number of nitrogens with zero attached hydrogens (tertiary/aromatic N) is 4. The minimum absolute atomic E-state index is 0.0318. The van der Waals surface area contributed by atoms with E-state index in [0.717, 1.165) is 48.7 Å². The molecule has 2 amide bonds. The number of rotatable bonds is 5. The van der Waals surface area contributed by atoms with Gasteiger partial charge in [0.2, 0.25) is 11.8 Å². The first-order chi connectivity index (χ1) is 15.0. The second-order valence-electron chi connectivity index (χ2n) is 8.42. The van der Waals surface area contributed by atoms with E-state index in [1.807, 2.05) is 16.7 Å². The largest absolute Gasteiger partial charge is 0.339 e. The van der Waals surface area contributed by atoms with Crippen LogP contribution >= 0.6 is 11.3 Å². The fraction of sp³-hybridized carbons (Fsp3) is 0.522. The molecule has 0 unspecified atom stereocenters. The van der Waals surface area contributed by atoms with Gasteiger partial charge in [-0.2, -0.15) is 0 Å². The monoisotopic (exact) mass is 444 g/mol. The number of hydrogen-bond acceptors (Lipinski definition) is 5. The van der Waals surface area contributed by atoms with Crippen molar-refractivity contribution in [3.63, 3.8) is 0 Å². The molecule has 2 saturated heterocycles. The molecule has 2 fully saturated rings. The van der Waals surface area contributed by atoms with E-state index in [-0.39, 0.29) is 30.0 Å². The highest BCUT2D eigenvalue weighted by Crippen LogP contribution is 2.22. The van der Waals surface area contributed by atoms with Crippen LogP contribution in [0.1, 0.15) is 29.1 Å². The Kier molecular flexibility index (Phi) is 6.97. The second kappa shape index (κ2) is 9.87. The summed E-state index contributed by atoms with van der Waals surface area (Å²) < 4.78 is 13.0. The first-order valence-corrected chi connectivity index (χ1v) is 11.8. The van der Waals surface area contributed by atoms with Gasteiger partial charge in [0, 0.05) is 44.0 Å². The zero-order chi connectivity index (χ0) is 21.8. The number of aromatic nitrogens is 1. The van der Waals surface area contributed by atoms with Gasteiger partial charge in [0.05, 0.1) is 17.1 Å². The number of piperidine rings is 1. The normalized spacial score (nSPS) is 18.4. The standard InChI is InChI=1S/C23H29FN4O2S/c1-17-25-21(16-31-17)15-26-8-6-19(7-9-26)23(30)28-12-10-27(11-13-28)22(29)14-18-2-4-20(24)5-3-18/h2-5,16,19H,6-15H2,1H3. The molecular weight excluding hydrogens is 415 g/mol. The van der Waals surface area contributed by atoms with Gasteiger partial charge in [-0.1, -0.05) is 12.1 Å². The first kappa shape index (κ1) is 21.9. The quantitative estimate of drug-likeness (QED) is 0.712. The Balaban J connectivity index is 1.20. The Morgan fingerprint density at radius 3 is 2.29 bits per heavy atom. The van der Waals surface area contributed by atoms with Crippen LogP contribution in [-0.4, -0.2) is 70.8 Å². The number of hydrogen-bond donors (Lipinski definition) is 0. The minimum atomic E-state index is -0.299. The Labute approximate surface area is 186 Å². The summed E-state index contributed by atoms with van der Waals surface area (Å²) in [6, 6.07) is 6.05. The lowest BCUT2D eigenvalue weighted by Crippen LogP contribution is -2.53. The van der Waals surface area contributed by atoms with Crippen molar-refractivity contribution < 1.29 is 14.0 Å². The zero-order valence-electron chi connectivity index (χ0n) is 17.9. The summed E-state index contributed by atoms with van der Waals surface area (Å²) in [5, 5.41) is 3.21. The van der Waals surface area contributed by atoms with Crippen LogP contribution in [-0.2, 0) is 22.6 Å². The van der Waals surface area contributed by atoms with E-state index >= 15 is 0 Å². The molecule has 166 valence electrons. The number of piperazine rings is 1. The summed E-state index contributed by atoms with van der Waals surface area (Å²) in [4.78, 5) is 36.2. The summed E-state index contributed by atoms with van der Waals surface area (Å²) in [7, 11) is 0.